The number of amides is 1. The maximum Gasteiger partial charge on any atom is 0.251 e. The monoisotopic (exact) mass is 346 g/mol. The van der Waals surface area contributed by atoms with E-state index in [1.807, 2.05) is 31.2 Å². The molecule has 0 bridgehead atoms. The lowest BCUT2D eigenvalue weighted by atomic mass is 10.1. The molecule has 1 atom stereocenters. The number of hydrogen-bond acceptors (Lipinski definition) is 2. The first-order chi connectivity index (χ1) is 12.0. The molecule has 0 saturated carbocycles. The molecule has 0 aliphatic rings. The van der Waals surface area contributed by atoms with Gasteiger partial charge in [-0.15, -0.1) is 0 Å². The minimum atomic E-state index is -0.0209. The van der Waals surface area contributed by atoms with Crippen molar-refractivity contribution in [3.63, 3.8) is 0 Å². The molecule has 0 fully saturated rings. The summed E-state index contributed by atoms with van der Waals surface area (Å²) in [6.45, 7) is 10.1. The predicted octanol–water partition coefficient (Wildman–Crippen LogP) is 3.32. The summed E-state index contributed by atoms with van der Waals surface area (Å²) in [4.78, 5) is 16.5. The predicted molar refractivity (Wildman–Crippen MR) is 106 cm³/mol. The summed E-state index contributed by atoms with van der Waals surface area (Å²) in [5, 5.41) is 9.62. The lowest BCUT2D eigenvalue weighted by Gasteiger charge is -2.14. The third-order valence-electron chi connectivity index (χ3n) is 4.11. The molecule has 5 heteroatoms. The Hall–Kier alpha value is -2.04. The normalized spacial score (nSPS) is 12.8. The van der Waals surface area contributed by atoms with Gasteiger partial charge in [-0.2, -0.15) is 0 Å². The zero-order valence-corrected chi connectivity index (χ0v) is 16.4. The topological polar surface area (TPSA) is 65.5 Å². The van der Waals surface area contributed by atoms with E-state index < -0.39 is 0 Å². The standard InChI is InChI=1S/C20H34N4O/c1-6-16(4)24-19(25)18-11-7-10-17(13-18)14-23-20(21-5)22-12-8-9-15(2)3/h7,10-11,13,15-16H,6,8-9,12,14H2,1-5H3,(H,24,25)(H2,21,22,23). The van der Waals surface area contributed by atoms with E-state index in [0.717, 1.165) is 36.8 Å². The van der Waals surface area contributed by atoms with Crippen LogP contribution in [0.3, 0.4) is 0 Å². The molecule has 1 aromatic rings. The van der Waals surface area contributed by atoms with Crippen molar-refractivity contribution in [2.45, 2.75) is 59.5 Å². The SMILES string of the molecule is CCC(C)NC(=O)c1cccc(CNC(=NC)NCCCC(C)C)c1. The lowest BCUT2D eigenvalue weighted by molar-refractivity contribution is 0.0939. The zero-order valence-electron chi connectivity index (χ0n) is 16.4. The van der Waals surface area contributed by atoms with E-state index in [1.165, 1.54) is 6.42 Å². The van der Waals surface area contributed by atoms with Gasteiger partial charge in [0.05, 0.1) is 0 Å². The number of rotatable bonds is 9. The van der Waals surface area contributed by atoms with Crippen LogP contribution in [0.15, 0.2) is 29.3 Å². The van der Waals surface area contributed by atoms with E-state index in [2.05, 4.69) is 41.7 Å². The van der Waals surface area contributed by atoms with Crippen LogP contribution in [0.2, 0.25) is 0 Å². The van der Waals surface area contributed by atoms with E-state index in [-0.39, 0.29) is 11.9 Å². The summed E-state index contributed by atoms with van der Waals surface area (Å²) in [5.41, 5.74) is 1.75. The summed E-state index contributed by atoms with van der Waals surface area (Å²) in [6.07, 6.45) is 3.26. The minimum Gasteiger partial charge on any atom is -0.356 e. The van der Waals surface area contributed by atoms with Crippen LogP contribution in [-0.4, -0.2) is 31.5 Å². The number of aliphatic imine (C=N–C) groups is 1. The van der Waals surface area contributed by atoms with Crippen molar-refractivity contribution in [2.24, 2.45) is 10.9 Å². The first-order valence-corrected chi connectivity index (χ1v) is 9.30. The van der Waals surface area contributed by atoms with Crippen LogP contribution >= 0.6 is 0 Å². The molecule has 0 spiro atoms. The van der Waals surface area contributed by atoms with Gasteiger partial charge in [0.25, 0.3) is 5.91 Å². The minimum absolute atomic E-state index is 0.0209. The third kappa shape index (κ3) is 8.57. The molecule has 1 aromatic carbocycles. The van der Waals surface area contributed by atoms with Gasteiger partial charge in [-0.25, -0.2) is 0 Å². The van der Waals surface area contributed by atoms with Crippen molar-refractivity contribution in [3.05, 3.63) is 35.4 Å². The second-order valence-electron chi connectivity index (χ2n) is 6.87. The Labute approximate surface area is 152 Å². The van der Waals surface area contributed by atoms with E-state index in [4.69, 9.17) is 0 Å². The highest BCUT2D eigenvalue weighted by atomic mass is 16.1. The van der Waals surface area contributed by atoms with Crippen molar-refractivity contribution < 1.29 is 4.79 Å². The van der Waals surface area contributed by atoms with E-state index in [0.29, 0.717) is 12.1 Å². The second kappa shape index (κ2) is 11.5. The van der Waals surface area contributed by atoms with Gasteiger partial charge < -0.3 is 16.0 Å². The van der Waals surface area contributed by atoms with Crippen LogP contribution in [0.5, 0.6) is 0 Å². The molecule has 0 aliphatic carbocycles. The van der Waals surface area contributed by atoms with Crippen LogP contribution in [0.25, 0.3) is 0 Å². The van der Waals surface area contributed by atoms with Crippen LogP contribution in [0.4, 0.5) is 0 Å². The van der Waals surface area contributed by atoms with Crippen LogP contribution in [0.1, 0.15) is 62.9 Å². The Morgan fingerprint density at radius 1 is 1.20 bits per heavy atom. The fourth-order valence-corrected chi connectivity index (χ4v) is 2.36. The fraction of sp³-hybridized carbons (Fsp3) is 0.600. The Balaban J connectivity index is 2.50. The Bertz CT molecular complexity index is 554. The van der Waals surface area contributed by atoms with Crippen molar-refractivity contribution in [2.75, 3.05) is 13.6 Å². The average molecular weight is 347 g/mol. The average Bonchev–Trinajstić information content (AvgIpc) is 2.61. The summed E-state index contributed by atoms with van der Waals surface area (Å²) >= 11 is 0. The van der Waals surface area contributed by atoms with Gasteiger partial charge in [0.2, 0.25) is 0 Å². The second-order valence-corrected chi connectivity index (χ2v) is 6.87. The first kappa shape index (κ1) is 21.0. The largest absolute Gasteiger partial charge is 0.356 e. The molecule has 0 aliphatic heterocycles. The molecule has 0 saturated heterocycles. The fourth-order valence-electron chi connectivity index (χ4n) is 2.36. The molecule has 25 heavy (non-hydrogen) atoms. The van der Waals surface area contributed by atoms with Gasteiger partial charge in [-0.3, -0.25) is 9.79 Å². The first-order valence-electron chi connectivity index (χ1n) is 9.30. The van der Waals surface area contributed by atoms with Crippen molar-refractivity contribution in [1.29, 1.82) is 0 Å². The van der Waals surface area contributed by atoms with Gasteiger partial charge in [-0.1, -0.05) is 32.9 Å². The van der Waals surface area contributed by atoms with Gasteiger partial charge in [0, 0.05) is 31.7 Å². The number of guanidine groups is 1. The molecular formula is C20H34N4O. The van der Waals surface area contributed by atoms with Crippen LogP contribution in [0, 0.1) is 5.92 Å². The van der Waals surface area contributed by atoms with Gasteiger partial charge in [-0.05, 0) is 49.8 Å². The van der Waals surface area contributed by atoms with Gasteiger partial charge >= 0.3 is 0 Å². The number of nitrogens with one attached hydrogen (secondary N) is 3. The van der Waals surface area contributed by atoms with Crippen molar-refractivity contribution in [3.8, 4) is 0 Å². The molecule has 1 unspecified atom stereocenters. The smallest absolute Gasteiger partial charge is 0.251 e. The molecule has 5 nitrogen and oxygen atoms in total. The van der Waals surface area contributed by atoms with E-state index in [1.54, 1.807) is 7.05 Å². The zero-order chi connectivity index (χ0) is 18.7. The molecule has 1 rings (SSSR count). The van der Waals surface area contributed by atoms with Gasteiger partial charge in [0.1, 0.15) is 0 Å². The van der Waals surface area contributed by atoms with Crippen molar-refractivity contribution >= 4 is 11.9 Å². The van der Waals surface area contributed by atoms with Crippen LogP contribution in [-0.2, 0) is 6.54 Å². The molecule has 1 amide bonds. The summed E-state index contributed by atoms with van der Waals surface area (Å²) < 4.78 is 0. The third-order valence-corrected chi connectivity index (χ3v) is 4.11. The molecule has 3 N–H and O–H groups in total. The summed E-state index contributed by atoms with van der Waals surface area (Å²) in [6, 6.07) is 7.89. The van der Waals surface area contributed by atoms with Crippen molar-refractivity contribution in [1.82, 2.24) is 16.0 Å². The highest BCUT2D eigenvalue weighted by Crippen LogP contribution is 2.06. The Morgan fingerprint density at radius 3 is 2.60 bits per heavy atom. The van der Waals surface area contributed by atoms with Gasteiger partial charge in [0.15, 0.2) is 5.96 Å². The molecule has 0 heterocycles. The lowest BCUT2D eigenvalue weighted by Crippen LogP contribution is -2.37. The Morgan fingerprint density at radius 2 is 1.96 bits per heavy atom. The number of hydrogen-bond donors (Lipinski definition) is 3. The number of carbonyl (C=O) groups is 1. The molecular weight excluding hydrogens is 312 g/mol. The molecule has 140 valence electrons. The highest BCUT2D eigenvalue weighted by Gasteiger charge is 2.09. The Kier molecular flexibility index (Phi) is 9.66. The van der Waals surface area contributed by atoms with Crippen LogP contribution < -0.4 is 16.0 Å². The number of benzene rings is 1. The molecule has 0 radical (unpaired) electrons. The number of carbonyl (C=O) groups excluding carboxylic acids is 1. The van der Waals surface area contributed by atoms with E-state index in [9.17, 15) is 4.79 Å². The molecule has 0 aromatic heterocycles. The van der Waals surface area contributed by atoms with E-state index >= 15 is 0 Å². The quantitative estimate of drug-likeness (QED) is 0.365. The maximum atomic E-state index is 12.2. The highest BCUT2D eigenvalue weighted by molar-refractivity contribution is 5.94. The number of nitrogens with zero attached hydrogens (tertiary/aromatic N) is 1. The maximum absolute atomic E-state index is 12.2. The summed E-state index contributed by atoms with van der Waals surface area (Å²) in [7, 11) is 1.77. The summed E-state index contributed by atoms with van der Waals surface area (Å²) in [5.74, 6) is 1.49.